The summed E-state index contributed by atoms with van der Waals surface area (Å²) in [6.07, 6.45) is -1.08. The molecular formula is C15H14N2O5. The summed E-state index contributed by atoms with van der Waals surface area (Å²) in [5.74, 6) is 0.0655. The van der Waals surface area contributed by atoms with Crippen molar-refractivity contribution in [3.05, 3.63) is 41.8 Å². The van der Waals surface area contributed by atoms with Crippen LogP contribution >= 0.6 is 0 Å². The minimum absolute atomic E-state index is 0.0232. The van der Waals surface area contributed by atoms with Crippen LogP contribution in [0.1, 0.15) is 17.9 Å². The second kappa shape index (κ2) is 5.88. The summed E-state index contributed by atoms with van der Waals surface area (Å²) in [6.45, 7) is 1.75. The Bertz CT molecular complexity index is 709. The monoisotopic (exact) mass is 302 g/mol. The number of ether oxygens (including phenoxy) is 2. The van der Waals surface area contributed by atoms with Crippen molar-refractivity contribution >= 4 is 17.6 Å². The molecule has 0 saturated heterocycles. The third-order valence-corrected chi connectivity index (χ3v) is 3.11. The standard InChI is InChI=1S/C15H14N2O5/c1-9-6-10(22-17-9)8-20-14(18)7-13-15(19)16-11-4-2-3-5-12(11)21-13/h2-6,13H,7-8H2,1H3,(H,16,19)/t13-/m0/s1. The van der Waals surface area contributed by atoms with E-state index in [1.54, 1.807) is 37.3 Å². The number of nitrogens with zero attached hydrogens (tertiary/aromatic N) is 1. The summed E-state index contributed by atoms with van der Waals surface area (Å²) < 4.78 is 15.5. The number of aromatic nitrogens is 1. The molecule has 1 atom stereocenters. The average molecular weight is 302 g/mol. The highest BCUT2D eigenvalue weighted by Crippen LogP contribution is 2.29. The van der Waals surface area contributed by atoms with Crippen LogP contribution in [0.2, 0.25) is 0 Å². The molecule has 0 bridgehead atoms. The highest BCUT2D eigenvalue weighted by Gasteiger charge is 2.30. The normalized spacial score (nSPS) is 16.4. The van der Waals surface area contributed by atoms with E-state index >= 15 is 0 Å². The molecule has 1 aromatic heterocycles. The first kappa shape index (κ1) is 14.1. The van der Waals surface area contributed by atoms with Crippen molar-refractivity contribution in [3.8, 4) is 5.75 Å². The first-order valence-electron chi connectivity index (χ1n) is 6.76. The van der Waals surface area contributed by atoms with Crippen LogP contribution in [-0.2, 0) is 20.9 Å². The van der Waals surface area contributed by atoms with Crippen molar-refractivity contribution in [1.29, 1.82) is 0 Å². The van der Waals surface area contributed by atoms with Crippen LogP contribution in [0.3, 0.4) is 0 Å². The van der Waals surface area contributed by atoms with E-state index < -0.39 is 12.1 Å². The predicted molar refractivity (Wildman–Crippen MR) is 75.1 cm³/mol. The van der Waals surface area contributed by atoms with Crippen LogP contribution in [0.5, 0.6) is 5.75 Å². The van der Waals surface area contributed by atoms with E-state index in [9.17, 15) is 9.59 Å². The number of fused-ring (bicyclic) bond motifs is 1. The van der Waals surface area contributed by atoms with Crippen LogP contribution in [0.15, 0.2) is 34.9 Å². The number of carbonyl (C=O) groups excluding carboxylic acids is 2. The number of hydrogen-bond acceptors (Lipinski definition) is 6. The van der Waals surface area contributed by atoms with E-state index in [4.69, 9.17) is 14.0 Å². The largest absolute Gasteiger partial charge is 0.478 e. The van der Waals surface area contributed by atoms with Crippen molar-refractivity contribution in [2.45, 2.75) is 26.1 Å². The Labute approximate surface area is 126 Å². The lowest BCUT2D eigenvalue weighted by Gasteiger charge is -2.25. The molecule has 22 heavy (non-hydrogen) atoms. The fourth-order valence-corrected chi connectivity index (χ4v) is 2.07. The zero-order chi connectivity index (χ0) is 15.5. The Morgan fingerprint density at radius 1 is 1.41 bits per heavy atom. The van der Waals surface area contributed by atoms with E-state index in [0.717, 1.165) is 0 Å². The number of rotatable bonds is 4. The first-order chi connectivity index (χ1) is 10.6. The fraction of sp³-hybridized carbons (Fsp3) is 0.267. The van der Waals surface area contributed by atoms with Gasteiger partial charge in [-0.1, -0.05) is 17.3 Å². The molecule has 3 rings (SSSR count). The highest BCUT2D eigenvalue weighted by molar-refractivity contribution is 5.99. The molecule has 114 valence electrons. The maximum Gasteiger partial charge on any atom is 0.310 e. The molecule has 0 saturated carbocycles. The summed E-state index contributed by atoms with van der Waals surface area (Å²) >= 11 is 0. The topological polar surface area (TPSA) is 90.7 Å². The van der Waals surface area contributed by atoms with Gasteiger partial charge in [0.1, 0.15) is 5.75 Å². The average Bonchev–Trinajstić information content (AvgIpc) is 2.91. The van der Waals surface area contributed by atoms with Gasteiger partial charge < -0.3 is 19.3 Å². The van der Waals surface area contributed by atoms with Gasteiger partial charge in [-0.2, -0.15) is 0 Å². The Hall–Kier alpha value is -2.83. The number of amides is 1. The van der Waals surface area contributed by atoms with Gasteiger partial charge in [-0.3, -0.25) is 9.59 Å². The summed E-state index contributed by atoms with van der Waals surface area (Å²) in [4.78, 5) is 23.7. The van der Waals surface area contributed by atoms with Gasteiger partial charge in [-0.05, 0) is 19.1 Å². The molecule has 0 radical (unpaired) electrons. The summed E-state index contributed by atoms with van der Waals surface area (Å²) in [6, 6.07) is 8.71. The molecule has 7 heteroatoms. The summed E-state index contributed by atoms with van der Waals surface area (Å²) in [5, 5.41) is 6.38. The molecule has 1 aromatic carbocycles. The van der Waals surface area contributed by atoms with Crippen LogP contribution in [-0.4, -0.2) is 23.1 Å². The zero-order valence-corrected chi connectivity index (χ0v) is 11.9. The lowest BCUT2D eigenvalue weighted by atomic mass is 10.1. The molecule has 0 unspecified atom stereocenters. The van der Waals surface area contributed by atoms with Crippen molar-refractivity contribution in [2.24, 2.45) is 0 Å². The zero-order valence-electron chi connectivity index (χ0n) is 11.9. The summed E-state index contributed by atoms with van der Waals surface area (Å²) in [5.41, 5.74) is 1.30. The van der Waals surface area contributed by atoms with E-state index in [0.29, 0.717) is 22.9 Å². The molecule has 2 aromatic rings. The van der Waals surface area contributed by atoms with Gasteiger partial charge >= 0.3 is 5.97 Å². The lowest BCUT2D eigenvalue weighted by molar-refractivity contribution is -0.149. The molecule has 0 spiro atoms. The van der Waals surface area contributed by atoms with Crippen molar-refractivity contribution < 1.29 is 23.6 Å². The Morgan fingerprint density at radius 2 is 2.23 bits per heavy atom. The number of para-hydroxylation sites is 2. The van der Waals surface area contributed by atoms with Gasteiger partial charge in [0.2, 0.25) is 0 Å². The number of esters is 1. The van der Waals surface area contributed by atoms with E-state index in [2.05, 4.69) is 10.5 Å². The highest BCUT2D eigenvalue weighted by atomic mass is 16.6. The number of aryl methyl sites for hydroxylation is 1. The molecule has 7 nitrogen and oxygen atoms in total. The van der Waals surface area contributed by atoms with Crippen LogP contribution in [0.25, 0.3) is 0 Å². The molecule has 1 N–H and O–H groups in total. The van der Waals surface area contributed by atoms with E-state index in [-0.39, 0.29) is 18.9 Å². The number of hydrogen-bond donors (Lipinski definition) is 1. The SMILES string of the molecule is Cc1cc(COC(=O)C[C@@H]2Oc3ccccc3NC2=O)on1. The predicted octanol–water partition coefficient (Wildman–Crippen LogP) is 1.82. The van der Waals surface area contributed by atoms with Gasteiger partial charge in [0, 0.05) is 6.07 Å². The number of nitrogens with one attached hydrogen (secondary N) is 1. The molecular weight excluding hydrogens is 288 g/mol. The van der Waals surface area contributed by atoms with Gasteiger partial charge in [0.25, 0.3) is 5.91 Å². The first-order valence-corrected chi connectivity index (χ1v) is 6.76. The van der Waals surface area contributed by atoms with Gasteiger partial charge in [0.15, 0.2) is 18.5 Å². The number of anilines is 1. The maximum atomic E-state index is 11.9. The van der Waals surface area contributed by atoms with Crippen LogP contribution < -0.4 is 10.1 Å². The third-order valence-electron chi connectivity index (χ3n) is 3.11. The third kappa shape index (κ3) is 3.08. The molecule has 1 aliphatic heterocycles. The van der Waals surface area contributed by atoms with Crippen LogP contribution in [0.4, 0.5) is 5.69 Å². The lowest BCUT2D eigenvalue weighted by Crippen LogP contribution is -2.38. The Kier molecular flexibility index (Phi) is 3.78. The van der Waals surface area contributed by atoms with E-state index in [1.807, 2.05) is 0 Å². The molecule has 0 fully saturated rings. The smallest absolute Gasteiger partial charge is 0.310 e. The van der Waals surface area contributed by atoms with Crippen LogP contribution in [0, 0.1) is 6.92 Å². The molecule has 2 heterocycles. The minimum Gasteiger partial charge on any atom is -0.478 e. The Morgan fingerprint density at radius 3 is 3.00 bits per heavy atom. The van der Waals surface area contributed by atoms with Gasteiger partial charge in [-0.15, -0.1) is 0 Å². The second-order valence-electron chi connectivity index (χ2n) is 4.89. The minimum atomic E-state index is -0.904. The number of benzene rings is 1. The Balaban J connectivity index is 1.56. The fourth-order valence-electron chi connectivity index (χ4n) is 2.07. The van der Waals surface area contributed by atoms with Gasteiger partial charge in [-0.25, -0.2) is 0 Å². The van der Waals surface area contributed by atoms with Crippen molar-refractivity contribution in [2.75, 3.05) is 5.32 Å². The molecule has 0 aliphatic carbocycles. The molecule has 1 aliphatic rings. The number of carbonyl (C=O) groups is 2. The second-order valence-corrected chi connectivity index (χ2v) is 4.89. The van der Waals surface area contributed by atoms with E-state index in [1.165, 1.54) is 0 Å². The molecule has 1 amide bonds. The van der Waals surface area contributed by atoms with Gasteiger partial charge in [0.05, 0.1) is 17.8 Å². The summed E-state index contributed by atoms with van der Waals surface area (Å²) in [7, 11) is 0. The van der Waals surface area contributed by atoms with Crippen molar-refractivity contribution in [1.82, 2.24) is 5.16 Å². The quantitative estimate of drug-likeness (QED) is 0.866. The van der Waals surface area contributed by atoms with Crippen molar-refractivity contribution in [3.63, 3.8) is 0 Å². The maximum absolute atomic E-state index is 11.9.